The quantitative estimate of drug-likeness (QED) is 0.751. The third-order valence-electron chi connectivity index (χ3n) is 1.52. The van der Waals surface area contributed by atoms with Crippen molar-refractivity contribution >= 4 is 9.84 Å². The van der Waals surface area contributed by atoms with E-state index in [1.807, 2.05) is 0 Å². The van der Waals surface area contributed by atoms with E-state index in [1.54, 1.807) is 6.92 Å². The number of sulfone groups is 1. The van der Waals surface area contributed by atoms with Crippen LogP contribution < -0.4 is 5.73 Å². The van der Waals surface area contributed by atoms with Gasteiger partial charge in [-0.1, -0.05) is 6.92 Å². The van der Waals surface area contributed by atoms with Crippen LogP contribution in [0.15, 0.2) is 0 Å². The summed E-state index contributed by atoms with van der Waals surface area (Å²) in [7, 11) is -3.66. The zero-order chi connectivity index (χ0) is 12.1. The molecule has 2 N–H and O–H groups in total. The van der Waals surface area contributed by atoms with Gasteiger partial charge in [-0.15, -0.1) is 0 Å². The van der Waals surface area contributed by atoms with Gasteiger partial charge in [0.2, 0.25) is 0 Å². The summed E-state index contributed by atoms with van der Waals surface area (Å²) in [5, 5.41) is 0. The molecule has 0 aromatic heterocycles. The van der Waals surface area contributed by atoms with Crippen LogP contribution in [-0.2, 0) is 14.6 Å². The van der Waals surface area contributed by atoms with Crippen LogP contribution in [0.3, 0.4) is 0 Å². The molecule has 0 saturated carbocycles. The molecule has 0 spiro atoms. The Kier molecular flexibility index (Phi) is 5.54. The lowest BCUT2D eigenvalue weighted by Crippen LogP contribution is -2.31. The minimum Gasteiger partial charge on any atom is -0.356 e. The number of halogens is 3. The van der Waals surface area contributed by atoms with Crippen LogP contribution in [0.1, 0.15) is 13.3 Å². The van der Waals surface area contributed by atoms with Crippen molar-refractivity contribution in [3.63, 3.8) is 0 Å². The molecule has 15 heavy (non-hydrogen) atoms. The minimum atomic E-state index is -4.51. The van der Waals surface area contributed by atoms with Crippen molar-refractivity contribution in [3.8, 4) is 0 Å². The van der Waals surface area contributed by atoms with Gasteiger partial charge >= 0.3 is 6.18 Å². The first-order chi connectivity index (χ1) is 6.66. The second-order valence-electron chi connectivity index (χ2n) is 3.16. The lowest BCUT2D eigenvalue weighted by atomic mass is 10.3. The summed E-state index contributed by atoms with van der Waals surface area (Å²) in [6, 6.07) is -0.565. The smallest absolute Gasteiger partial charge is 0.356 e. The van der Waals surface area contributed by atoms with Gasteiger partial charge in [-0.3, -0.25) is 0 Å². The number of hydrogen-bond acceptors (Lipinski definition) is 4. The third-order valence-corrected chi connectivity index (χ3v) is 2.98. The van der Waals surface area contributed by atoms with Crippen molar-refractivity contribution in [1.82, 2.24) is 0 Å². The van der Waals surface area contributed by atoms with Crippen LogP contribution in [0.5, 0.6) is 0 Å². The summed E-state index contributed by atoms with van der Waals surface area (Å²) in [4.78, 5) is 0. The van der Waals surface area contributed by atoms with Gasteiger partial charge < -0.3 is 10.5 Å². The zero-order valence-corrected chi connectivity index (χ0v) is 9.07. The summed E-state index contributed by atoms with van der Waals surface area (Å²) in [6.07, 6.45) is -4.07. The molecule has 4 nitrogen and oxygen atoms in total. The first kappa shape index (κ1) is 14.7. The fourth-order valence-corrected chi connectivity index (χ4v) is 2.10. The van der Waals surface area contributed by atoms with Crippen LogP contribution in [0.25, 0.3) is 0 Å². The van der Waals surface area contributed by atoms with Crippen LogP contribution in [0.4, 0.5) is 13.2 Å². The number of ether oxygens (including phenoxy) is 1. The monoisotopic (exact) mass is 249 g/mol. The molecular weight excluding hydrogens is 235 g/mol. The van der Waals surface area contributed by atoms with Gasteiger partial charge in [0.1, 0.15) is 12.5 Å². The van der Waals surface area contributed by atoms with Gasteiger partial charge in [0.05, 0.1) is 5.75 Å². The molecule has 0 aliphatic rings. The predicted molar refractivity (Wildman–Crippen MR) is 48.9 cm³/mol. The molecule has 0 aliphatic carbocycles. The van der Waals surface area contributed by atoms with Gasteiger partial charge in [0.25, 0.3) is 0 Å². The molecule has 1 atom stereocenters. The summed E-state index contributed by atoms with van der Waals surface area (Å²) in [5.74, 6) is -1.30. The molecule has 0 aliphatic heterocycles. The van der Waals surface area contributed by atoms with E-state index in [-0.39, 0.29) is 5.75 Å². The number of alkyl halides is 3. The average Bonchev–Trinajstić information content (AvgIpc) is 2.00. The average molecular weight is 249 g/mol. The van der Waals surface area contributed by atoms with E-state index in [0.29, 0.717) is 6.42 Å². The Labute approximate surface area is 86.5 Å². The lowest BCUT2D eigenvalue weighted by molar-refractivity contribution is -0.169. The van der Waals surface area contributed by atoms with Crippen molar-refractivity contribution in [1.29, 1.82) is 0 Å². The topological polar surface area (TPSA) is 69.4 Å². The number of nitrogens with two attached hydrogens (primary N) is 1. The maximum atomic E-state index is 11.6. The van der Waals surface area contributed by atoms with Gasteiger partial charge in [0.15, 0.2) is 9.84 Å². The van der Waals surface area contributed by atoms with E-state index in [4.69, 9.17) is 5.73 Å². The molecule has 0 saturated heterocycles. The van der Waals surface area contributed by atoms with E-state index in [9.17, 15) is 21.6 Å². The maximum Gasteiger partial charge on any atom is 0.411 e. The predicted octanol–water partition coefficient (Wildman–Crippen LogP) is 0.675. The standard InChI is InChI=1S/C7H14F3NO3S/c1-2-6(11)3-15(12,13)5-14-4-7(8,9)10/h6H,2-5,11H2,1H3. The Morgan fingerprint density at radius 1 is 1.40 bits per heavy atom. The van der Waals surface area contributed by atoms with Crippen LogP contribution in [-0.4, -0.2) is 38.9 Å². The normalized spacial score (nSPS) is 15.3. The van der Waals surface area contributed by atoms with Gasteiger partial charge in [0, 0.05) is 6.04 Å². The summed E-state index contributed by atoms with van der Waals surface area (Å²) in [5.41, 5.74) is 5.36. The minimum absolute atomic E-state index is 0.360. The molecule has 8 heteroatoms. The lowest BCUT2D eigenvalue weighted by Gasteiger charge is -2.11. The third kappa shape index (κ3) is 8.64. The second kappa shape index (κ2) is 5.66. The zero-order valence-electron chi connectivity index (χ0n) is 8.25. The van der Waals surface area contributed by atoms with Crippen LogP contribution in [0, 0.1) is 0 Å². The summed E-state index contributed by atoms with van der Waals surface area (Å²) in [6.45, 7) is 0.129. The second-order valence-corrected chi connectivity index (χ2v) is 5.22. The Morgan fingerprint density at radius 3 is 2.33 bits per heavy atom. The molecule has 0 aromatic carbocycles. The molecule has 0 bridgehead atoms. The molecule has 0 amide bonds. The van der Waals surface area contributed by atoms with Crippen molar-refractivity contribution in [3.05, 3.63) is 0 Å². The molecule has 0 heterocycles. The van der Waals surface area contributed by atoms with Crippen LogP contribution >= 0.6 is 0 Å². The Morgan fingerprint density at radius 2 is 1.93 bits per heavy atom. The molecular formula is C7H14F3NO3S. The highest BCUT2D eigenvalue weighted by Gasteiger charge is 2.28. The molecule has 0 radical (unpaired) electrons. The van der Waals surface area contributed by atoms with Gasteiger partial charge in [-0.2, -0.15) is 13.2 Å². The van der Waals surface area contributed by atoms with Crippen molar-refractivity contribution in [2.75, 3.05) is 18.3 Å². The Hall–Kier alpha value is -0.340. The highest BCUT2D eigenvalue weighted by atomic mass is 32.2. The highest BCUT2D eigenvalue weighted by molar-refractivity contribution is 7.91. The molecule has 0 rings (SSSR count). The maximum absolute atomic E-state index is 11.6. The van der Waals surface area contributed by atoms with Gasteiger partial charge in [-0.25, -0.2) is 8.42 Å². The summed E-state index contributed by atoms with van der Waals surface area (Å²) >= 11 is 0. The molecule has 0 fully saturated rings. The first-order valence-electron chi connectivity index (χ1n) is 4.27. The van der Waals surface area contributed by atoms with E-state index >= 15 is 0 Å². The largest absolute Gasteiger partial charge is 0.411 e. The van der Waals surface area contributed by atoms with Crippen LogP contribution in [0.2, 0.25) is 0 Å². The molecule has 1 unspecified atom stereocenters. The Balaban J connectivity index is 3.96. The van der Waals surface area contributed by atoms with Crippen molar-refractivity contribution in [2.45, 2.75) is 25.6 Å². The molecule has 92 valence electrons. The van der Waals surface area contributed by atoms with E-state index < -0.39 is 34.6 Å². The van der Waals surface area contributed by atoms with Crippen molar-refractivity contribution < 1.29 is 26.3 Å². The fourth-order valence-electron chi connectivity index (χ4n) is 0.776. The first-order valence-corrected chi connectivity index (χ1v) is 6.09. The van der Waals surface area contributed by atoms with E-state index in [2.05, 4.69) is 4.74 Å². The van der Waals surface area contributed by atoms with Crippen molar-refractivity contribution in [2.24, 2.45) is 5.73 Å². The van der Waals surface area contributed by atoms with E-state index in [0.717, 1.165) is 0 Å². The number of rotatable bonds is 6. The van der Waals surface area contributed by atoms with Gasteiger partial charge in [-0.05, 0) is 6.42 Å². The molecule has 0 aromatic rings. The summed E-state index contributed by atoms with van der Waals surface area (Å²) < 4.78 is 61.1. The highest BCUT2D eigenvalue weighted by Crippen LogP contribution is 2.14. The SMILES string of the molecule is CCC(N)CS(=O)(=O)COCC(F)(F)F. The van der Waals surface area contributed by atoms with E-state index in [1.165, 1.54) is 0 Å². The fraction of sp³-hybridized carbons (Fsp3) is 1.00. The number of hydrogen-bond donors (Lipinski definition) is 1. The Bertz CT molecular complexity index is 276.